The van der Waals surface area contributed by atoms with Crippen LogP contribution in [-0.4, -0.2) is 51.1 Å². The van der Waals surface area contributed by atoms with Crippen molar-refractivity contribution in [3.63, 3.8) is 0 Å². The highest BCUT2D eigenvalue weighted by Gasteiger charge is 2.26. The molecule has 1 atom stereocenters. The maximum atomic E-state index is 12.5. The largest absolute Gasteiger partial charge is 0.507 e. The summed E-state index contributed by atoms with van der Waals surface area (Å²) in [4.78, 5) is 38.0. The molecule has 28 heavy (non-hydrogen) atoms. The molecule has 2 aromatic rings. The quantitative estimate of drug-likeness (QED) is 0.764. The normalized spacial score (nSPS) is 11.5. The van der Waals surface area contributed by atoms with Crippen molar-refractivity contribution in [2.45, 2.75) is 12.8 Å². The second-order valence-electron chi connectivity index (χ2n) is 6.47. The average Bonchev–Trinajstić information content (AvgIpc) is 2.67. The molecule has 0 bridgehead atoms. The fraction of sp³-hybridized carbons (Fsp3) is 0.286. The Labute approximate surface area is 163 Å². The second kappa shape index (κ2) is 8.56. The van der Waals surface area contributed by atoms with Gasteiger partial charge < -0.3 is 19.5 Å². The maximum absolute atomic E-state index is 12.5. The Kier molecular flexibility index (Phi) is 6.41. The summed E-state index contributed by atoms with van der Waals surface area (Å²) in [6, 6.07) is 9.39. The summed E-state index contributed by atoms with van der Waals surface area (Å²) in [7, 11) is 6.05. The van der Waals surface area contributed by atoms with Crippen molar-refractivity contribution in [2.24, 2.45) is 0 Å². The van der Waals surface area contributed by atoms with E-state index in [1.165, 1.54) is 33.3 Å². The van der Waals surface area contributed by atoms with Crippen molar-refractivity contribution in [3.8, 4) is 5.75 Å². The third-order valence-corrected chi connectivity index (χ3v) is 4.41. The molecule has 7 heteroatoms. The molecule has 0 aliphatic carbocycles. The van der Waals surface area contributed by atoms with Crippen molar-refractivity contribution in [1.82, 2.24) is 0 Å². The standard InChI is InChI=1S/C21H23NO6/c1-12(23)19(13-6-8-14(9-7-13)20(25)27-4)15-10-16(21(26)28-5)18(24)11-17(15)22(2)3/h6-11,19,24H,1-5H3. The van der Waals surface area contributed by atoms with Crippen LogP contribution in [0.25, 0.3) is 0 Å². The minimum atomic E-state index is -0.701. The summed E-state index contributed by atoms with van der Waals surface area (Å²) in [5, 5.41) is 10.2. The van der Waals surface area contributed by atoms with Gasteiger partial charge in [-0.3, -0.25) is 4.79 Å². The molecule has 0 aliphatic rings. The molecule has 0 saturated heterocycles. The zero-order valence-corrected chi connectivity index (χ0v) is 16.5. The van der Waals surface area contributed by atoms with E-state index in [4.69, 9.17) is 9.47 Å². The molecule has 1 unspecified atom stereocenters. The third-order valence-electron chi connectivity index (χ3n) is 4.41. The molecule has 2 aromatic carbocycles. The van der Waals surface area contributed by atoms with Gasteiger partial charge in [-0.15, -0.1) is 0 Å². The number of carbonyl (C=O) groups excluding carboxylic acids is 3. The van der Waals surface area contributed by atoms with Crippen LogP contribution in [-0.2, 0) is 14.3 Å². The van der Waals surface area contributed by atoms with E-state index >= 15 is 0 Å². The zero-order valence-electron chi connectivity index (χ0n) is 16.5. The monoisotopic (exact) mass is 385 g/mol. The molecule has 0 spiro atoms. The van der Waals surface area contributed by atoms with Crippen LogP contribution in [0.5, 0.6) is 5.75 Å². The number of phenolic OH excluding ortho intramolecular Hbond substituents is 1. The lowest BCUT2D eigenvalue weighted by Gasteiger charge is -2.24. The number of aromatic hydroxyl groups is 1. The number of carbonyl (C=O) groups is 3. The number of Topliss-reactive ketones (excluding diaryl/α,β-unsaturated/α-hetero) is 1. The van der Waals surface area contributed by atoms with Crippen LogP contribution in [0.2, 0.25) is 0 Å². The van der Waals surface area contributed by atoms with Gasteiger partial charge in [-0.1, -0.05) is 12.1 Å². The van der Waals surface area contributed by atoms with Gasteiger partial charge in [0.1, 0.15) is 17.1 Å². The Bertz CT molecular complexity index is 902. The van der Waals surface area contributed by atoms with Gasteiger partial charge in [0.05, 0.1) is 25.7 Å². The maximum Gasteiger partial charge on any atom is 0.341 e. The van der Waals surface area contributed by atoms with Gasteiger partial charge in [-0.25, -0.2) is 9.59 Å². The fourth-order valence-corrected chi connectivity index (χ4v) is 3.05. The molecule has 7 nitrogen and oxygen atoms in total. The molecular weight excluding hydrogens is 362 g/mol. The Morgan fingerprint density at radius 1 is 0.964 bits per heavy atom. The number of esters is 2. The van der Waals surface area contributed by atoms with E-state index in [2.05, 4.69) is 0 Å². The first-order chi connectivity index (χ1) is 13.2. The Balaban J connectivity index is 2.66. The fourth-order valence-electron chi connectivity index (χ4n) is 3.05. The van der Waals surface area contributed by atoms with Gasteiger partial charge in [0.15, 0.2) is 0 Å². The van der Waals surface area contributed by atoms with Crippen LogP contribution in [0.3, 0.4) is 0 Å². The van der Waals surface area contributed by atoms with Crippen LogP contribution in [0.1, 0.15) is 44.7 Å². The van der Waals surface area contributed by atoms with Crippen molar-refractivity contribution >= 4 is 23.4 Å². The topological polar surface area (TPSA) is 93.1 Å². The first kappa shape index (κ1) is 21.0. The summed E-state index contributed by atoms with van der Waals surface area (Å²) in [6.07, 6.45) is 0. The minimum Gasteiger partial charge on any atom is -0.507 e. The lowest BCUT2D eigenvalue weighted by Crippen LogP contribution is -2.19. The SMILES string of the molecule is COC(=O)c1ccc(C(C(C)=O)c2cc(C(=O)OC)c(O)cc2N(C)C)cc1. The summed E-state index contributed by atoms with van der Waals surface area (Å²) in [5.41, 5.74) is 2.11. The van der Waals surface area contributed by atoms with Crippen molar-refractivity contribution in [2.75, 3.05) is 33.2 Å². The van der Waals surface area contributed by atoms with Gasteiger partial charge in [0.2, 0.25) is 0 Å². The molecule has 0 aromatic heterocycles. The number of anilines is 1. The highest BCUT2D eigenvalue weighted by atomic mass is 16.5. The number of benzene rings is 2. The second-order valence-corrected chi connectivity index (χ2v) is 6.47. The van der Waals surface area contributed by atoms with Crippen LogP contribution in [0.4, 0.5) is 5.69 Å². The summed E-state index contributed by atoms with van der Waals surface area (Å²) in [6.45, 7) is 1.45. The van der Waals surface area contributed by atoms with Gasteiger partial charge in [0, 0.05) is 25.8 Å². The molecule has 0 radical (unpaired) electrons. The third kappa shape index (κ3) is 4.14. The predicted octanol–water partition coefficient (Wildman–Crippen LogP) is 2.75. The first-order valence-electron chi connectivity index (χ1n) is 8.52. The number of rotatable bonds is 6. The van der Waals surface area contributed by atoms with E-state index in [1.807, 2.05) is 0 Å². The molecule has 0 aliphatic heterocycles. The number of ether oxygens (including phenoxy) is 2. The molecule has 0 heterocycles. The Morgan fingerprint density at radius 2 is 1.54 bits per heavy atom. The number of methoxy groups -OCH3 is 2. The molecule has 1 N–H and O–H groups in total. The van der Waals surface area contributed by atoms with E-state index < -0.39 is 17.9 Å². The van der Waals surface area contributed by atoms with Crippen LogP contribution >= 0.6 is 0 Å². The summed E-state index contributed by atoms with van der Waals surface area (Å²) in [5.74, 6) is -2.27. The Morgan fingerprint density at radius 3 is 2.00 bits per heavy atom. The van der Waals surface area contributed by atoms with Gasteiger partial charge in [-0.2, -0.15) is 0 Å². The van der Waals surface area contributed by atoms with Crippen LogP contribution in [0, 0.1) is 0 Å². The number of hydrogen-bond acceptors (Lipinski definition) is 7. The van der Waals surface area contributed by atoms with Gasteiger partial charge in [0.25, 0.3) is 0 Å². The number of ketones is 1. The summed E-state index contributed by atoms with van der Waals surface area (Å²) >= 11 is 0. The molecule has 148 valence electrons. The lowest BCUT2D eigenvalue weighted by atomic mass is 9.85. The van der Waals surface area contributed by atoms with Crippen LogP contribution in [0.15, 0.2) is 36.4 Å². The first-order valence-corrected chi connectivity index (χ1v) is 8.52. The van der Waals surface area contributed by atoms with E-state index in [1.54, 1.807) is 43.3 Å². The average molecular weight is 385 g/mol. The molecule has 0 fully saturated rings. The van der Waals surface area contributed by atoms with Crippen LogP contribution < -0.4 is 4.90 Å². The predicted molar refractivity (Wildman–Crippen MR) is 104 cm³/mol. The number of nitrogens with zero attached hydrogens (tertiary/aromatic N) is 1. The van der Waals surface area contributed by atoms with Crippen molar-refractivity contribution in [3.05, 3.63) is 58.7 Å². The number of phenols is 1. The van der Waals surface area contributed by atoms with Crippen molar-refractivity contribution < 1.29 is 29.0 Å². The lowest BCUT2D eigenvalue weighted by molar-refractivity contribution is -0.117. The van der Waals surface area contributed by atoms with E-state index in [-0.39, 0.29) is 17.1 Å². The van der Waals surface area contributed by atoms with E-state index in [9.17, 15) is 19.5 Å². The number of hydrogen-bond donors (Lipinski definition) is 1. The van der Waals surface area contributed by atoms with E-state index in [0.29, 0.717) is 22.4 Å². The summed E-state index contributed by atoms with van der Waals surface area (Å²) < 4.78 is 9.42. The molecule has 2 rings (SSSR count). The smallest absolute Gasteiger partial charge is 0.341 e. The van der Waals surface area contributed by atoms with Gasteiger partial charge >= 0.3 is 11.9 Å². The van der Waals surface area contributed by atoms with Gasteiger partial charge in [-0.05, 0) is 36.2 Å². The minimum absolute atomic E-state index is 0.0273. The van der Waals surface area contributed by atoms with Crippen molar-refractivity contribution in [1.29, 1.82) is 0 Å². The zero-order chi connectivity index (χ0) is 21.0. The Hall–Kier alpha value is -3.35. The highest BCUT2D eigenvalue weighted by molar-refractivity contribution is 5.96. The van der Waals surface area contributed by atoms with E-state index in [0.717, 1.165) is 0 Å². The molecular formula is C21H23NO6. The molecule has 0 saturated carbocycles. The molecule has 0 amide bonds. The highest BCUT2D eigenvalue weighted by Crippen LogP contribution is 2.37.